The maximum Gasteiger partial charge on any atom is 0.131 e. The van der Waals surface area contributed by atoms with Gasteiger partial charge in [-0.05, 0) is 44.9 Å². The highest BCUT2D eigenvalue weighted by Gasteiger charge is 2.27. The molecule has 1 aliphatic carbocycles. The molecule has 1 saturated carbocycles. The summed E-state index contributed by atoms with van der Waals surface area (Å²) in [6.45, 7) is 5.51. The molecule has 1 atom stereocenters. The van der Waals surface area contributed by atoms with Crippen molar-refractivity contribution in [2.45, 2.75) is 51.6 Å². The molecule has 1 aromatic heterocycles. The van der Waals surface area contributed by atoms with Crippen molar-refractivity contribution in [3.63, 3.8) is 0 Å². The Hall–Kier alpha value is -1.07. The highest BCUT2D eigenvalue weighted by molar-refractivity contribution is 5.50. The Kier molecular flexibility index (Phi) is 4.50. The van der Waals surface area contributed by atoms with Crippen LogP contribution >= 0.6 is 0 Å². The standard InChI is InChI=1S/C16H28N4O/c1-12-15(10-17-14-5-6-14)16(19(2)18-12)20-8-3-4-13(11-20)7-9-21/h13-14,17,21H,3-11H2,1-2H3. The van der Waals surface area contributed by atoms with Crippen LogP contribution in [-0.2, 0) is 13.6 Å². The van der Waals surface area contributed by atoms with Crippen molar-refractivity contribution in [1.82, 2.24) is 15.1 Å². The highest BCUT2D eigenvalue weighted by Crippen LogP contribution is 2.30. The molecule has 2 fully saturated rings. The first kappa shape index (κ1) is 14.9. The molecule has 1 unspecified atom stereocenters. The van der Waals surface area contributed by atoms with Gasteiger partial charge in [0.15, 0.2) is 0 Å². The second-order valence-corrected chi connectivity index (χ2v) is 6.63. The average Bonchev–Trinajstić information content (AvgIpc) is 3.23. The maximum absolute atomic E-state index is 9.19. The summed E-state index contributed by atoms with van der Waals surface area (Å²) in [5, 5.41) is 17.5. The van der Waals surface area contributed by atoms with E-state index < -0.39 is 0 Å². The van der Waals surface area contributed by atoms with Crippen molar-refractivity contribution in [1.29, 1.82) is 0 Å². The van der Waals surface area contributed by atoms with Gasteiger partial charge in [0.25, 0.3) is 0 Å². The minimum Gasteiger partial charge on any atom is -0.396 e. The molecule has 0 spiro atoms. The van der Waals surface area contributed by atoms with Crippen LogP contribution in [0.15, 0.2) is 0 Å². The summed E-state index contributed by atoms with van der Waals surface area (Å²) in [7, 11) is 2.05. The van der Waals surface area contributed by atoms with Crippen molar-refractivity contribution >= 4 is 5.82 Å². The molecule has 0 radical (unpaired) electrons. The van der Waals surface area contributed by atoms with Crippen LogP contribution in [0.3, 0.4) is 0 Å². The van der Waals surface area contributed by atoms with Crippen molar-refractivity contribution in [3.05, 3.63) is 11.3 Å². The summed E-state index contributed by atoms with van der Waals surface area (Å²) in [5.41, 5.74) is 2.50. The van der Waals surface area contributed by atoms with Gasteiger partial charge in [-0.3, -0.25) is 4.68 Å². The van der Waals surface area contributed by atoms with Gasteiger partial charge in [-0.1, -0.05) is 0 Å². The van der Waals surface area contributed by atoms with Crippen LogP contribution in [0.5, 0.6) is 0 Å². The summed E-state index contributed by atoms with van der Waals surface area (Å²) in [5.74, 6) is 1.89. The number of rotatable bonds is 6. The van der Waals surface area contributed by atoms with Crippen molar-refractivity contribution in [2.24, 2.45) is 13.0 Å². The molecule has 5 heteroatoms. The number of anilines is 1. The van der Waals surface area contributed by atoms with Crippen LogP contribution < -0.4 is 10.2 Å². The number of hydrogen-bond donors (Lipinski definition) is 2. The Bertz CT molecular complexity index is 479. The molecular formula is C16H28N4O. The molecule has 1 saturated heterocycles. The van der Waals surface area contributed by atoms with Crippen molar-refractivity contribution < 1.29 is 5.11 Å². The highest BCUT2D eigenvalue weighted by atomic mass is 16.3. The van der Waals surface area contributed by atoms with E-state index in [1.807, 2.05) is 4.68 Å². The minimum atomic E-state index is 0.305. The fourth-order valence-corrected chi connectivity index (χ4v) is 3.50. The lowest BCUT2D eigenvalue weighted by atomic mass is 9.95. The normalized spacial score (nSPS) is 22.8. The third-order valence-corrected chi connectivity index (χ3v) is 4.81. The summed E-state index contributed by atoms with van der Waals surface area (Å²) in [6.07, 6.45) is 6.00. The lowest BCUT2D eigenvalue weighted by Gasteiger charge is -2.34. The van der Waals surface area contributed by atoms with Crippen LogP contribution in [0.2, 0.25) is 0 Å². The number of nitrogens with one attached hydrogen (secondary N) is 1. The van der Waals surface area contributed by atoms with Gasteiger partial charge in [0.05, 0.1) is 5.69 Å². The molecule has 21 heavy (non-hydrogen) atoms. The lowest BCUT2D eigenvalue weighted by Crippen LogP contribution is -2.37. The molecule has 2 heterocycles. The number of aliphatic hydroxyl groups is 1. The Morgan fingerprint density at radius 3 is 2.86 bits per heavy atom. The van der Waals surface area contributed by atoms with Gasteiger partial charge >= 0.3 is 0 Å². The van der Waals surface area contributed by atoms with Gasteiger partial charge < -0.3 is 15.3 Å². The SMILES string of the molecule is Cc1nn(C)c(N2CCCC(CCO)C2)c1CNC1CC1. The number of aromatic nitrogens is 2. The van der Waals surface area contributed by atoms with Gasteiger partial charge in [0.2, 0.25) is 0 Å². The number of nitrogens with zero attached hydrogens (tertiary/aromatic N) is 3. The number of aryl methyl sites for hydroxylation is 2. The van der Waals surface area contributed by atoms with E-state index in [9.17, 15) is 5.11 Å². The second-order valence-electron chi connectivity index (χ2n) is 6.63. The Morgan fingerprint density at radius 1 is 1.33 bits per heavy atom. The molecule has 2 N–H and O–H groups in total. The first-order chi connectivity index (χ1) is 10.2. The van der Waals surface area contributed by atoms with Crippen LogP contribution in [0, 0.1) is 12.8 Å². The maximum atomic E-state index is 9.19. The molecule has 0 aromatic carbocycles. The van der Waals surface area contributed by atoms with E-state index in [-0.39, 0.29) is 0 Å². The zero-order chi connectivity index (χ0) is 14.8. The van der Waals surface area contributed by atoms with Crippen LogP contribution in [0.25, 0.3) is 0 Å². The van der Waals surface area contributed by atoms with Crippen molar-refractivity contribution in [3.8, 4) is 0 Å². The molecule has 5 nitrogen and oxygen atoms in total. The monoisotopic (exact) mass is 292 g/mol. The predicted octanol–water partition coefficient (Wildman–Crippen LogP) is 1.58. The van der Waals surface area contributed by atoms with E-state index in [2.05, 4.69) is 29.3 Å². The van der Waals surface area contributed by atoms with E-state index >= 15 is 0 Å². The number of piperidine rings is 1. The number of hydrogen-bond acceptors (Lipinski definition) is 4. The molecule has 1 aliphatic heterocycles. The first-order valence-corrected chi connectivity index (χ1v) is 8.30. The topological polar surface area (TPSA) is 53.3 Å². The summed E-state index contributed by atoms with van der Waals surface area (Å²) in [4.78, 5) is 2.48. The molecule has 2 aliphatic rings. The second kappa shape index (κ2) is 6.36. The molecule has 118 valence electrons. The largest absolute Gasteiger partial charge is 0.396 e. The van der Waals surface area contributed by atoms with Crippen LogP contribution in [0.1, 0.15) is 43.4 Å². The zero-order valence-electron chi connectivity index (χ0n) is 13.3. The van der Waals surface area contributed by atoms with Gasteiger partial charge in [-0.15, -0.1) is 0 Å². The third kappa shape index (κ3) is 3.40. The van der Waals surface area contributed by atoms with E-state index in [0.29, 0.717) is 12.5 Å². The minimum absolute atomic E-state index is 0.305. The van der Waals surface area contributed by atoms with E-state index in [4.69, 9.17) is 0 Å². The first-order valence-electron chi connectivity index (χ1n) is 8.30. The van der Waals surface area contributed by atoms with E-state index in [0.717, 1.165) is 37.8 Å². The molecular weight excluding hydrogens is 264 g/mol. The smallest absolute Gasteiger partial charge is 0.131 e. The molecule has 0 amide bonds. The van der Waals surface area contributed by atoms with E-state index in [1.165, 1.54) is 37.1 Å². The Balaban J connectivity index is 1.75. The average molecular weight is 292 g/mol. The van der Waals surface area contributed by atoms with Gasteiger partial charge in [-0.25, -0.2) is 0 Å². The van der Waals surface area contributed by atoms with Crippen molar-refractivity contribution in [2.75, 3.05) is 24.6 Å². The van der Waals surface area contributed by atoms with E-state index in [1.54, 1.807) is 0 Å². The molecule has 1 aromatic rings. The summed E-state index contributed by atoms with van der Waals surface area (Å²) in [6, 6.07) is 0.723. The predicted molar refractivity (Wildman–Crippen MR) is 84.4 cm³/mol. The van der Waals surface area contributed by atoms with Gasteiger partial charge in [-0.2, -0.15) is 5.10 Å². The molecule has 3 rings (SSSR count). The Morgan fingerprint density at radius 2 is 2.14 bits per heavy atom. The quantitative estimate of drug-likeness (QED) is 0.836. The Labute approximate surface area is 127 Å². The van der Waals surface area contributed by atoms with Gasteiger partial charge in [0.1, 0.15) is 5.82 Å². The van der Waals surface area contributed by atoms with Crippen LogP contribution in [0.4, 0.5) is 5.82 Å². The fraction of sp³-hybridized carbons (Fsp3) is 0.812. The van der Waals surface area contributed by atoms with Gasteiger partial charge in [0, 0.05) is 44.9 Å². The molecule has 0 bridgehead atoms. The lowest BCUT2D eigenvalue weighted by molar-refractivity contribution is 0.244. The third-order valence-electron chi connectivity index (χ3n) is 4.81. The summed E-state index contributed by atoms with van der Waals surface area (Å²) < 4.78 is 2.04. The van der Waals surface area contributed by atoms with Crippen LogP contribution in [-0.4, -0.2) is 40.6 Å². The number of aliphatic hydroxyl groups excluding tert-OH is 1. The summed E-state index contributed by atoms with van der Waals surface area (Å²) >= 11 is 0. The fourth-order valence-electron chi connectivity index (χ4n) is 3.50. The zero-order valence-corrected chi connectivity index (χ0v) is 13.3.